The summed E-state index contributed by atoms with van der Waals surface area (Å²) in [6, 6.07) is 9.82. The second-order valence-corrected chi connectivity index (χ2v) is 8.47. The SMILES string of the molecule is CCn1c(SCC(=O)Nc2cc(C(C)(C)C)no2)nnc1-c1ccccc1C. The predicted molar refractivity (Wildman–Crippen MR) is 110 cm³/mol. The Morgan fingerprint density at radius 2 is 2.00 bits per heavy atom. The number of carbonyl (C=O) groups excluding carboxylic acids is 1. The predicted octanol–water partition coefficient (Wildman–Crippen LogP) is 4.29. The molecule has 3 aromatic rings. The molecule has 0 saturated heterocycles. The van der Waals surface area contributed by atoms with E-state index in [1.165, 1.54) is 11.8 Å². The topological polar surface area (TPSA) is 85.8 Å². The van der Waals surface area contributed by atoms with Crippen molar-refractivity contribution in [1.29, 1.82) is 0 Å². The molecule has 0 aliphatic heterocycles. The fraction of sp³-hybridized carbons (Fsp3) is 0.400. The van der Waals surface area contributed by atoms with Gasteiger partial charge in [0.2, 0.25) is 11.8 Å². The number of carbonyl (C=O) groups is 1. The summed E-state index contributed by atoms with van der Waals surface area (Å²) in [4.78, 5) is 12.3. The van der Waals surface area contributed by atoms with Gasteiger partial charge in [0.1, 0.15) is 0 Å². The maximum Gasteiger partial charge on any atom is 0.237 e. The average molecular weight is 400 g/mol. The van der Waals surface area contributed by atoms with Gasteiger partial charge >= 0.3 is 0 Å². The molecule has 0 aliphatic carbocycles. The lowest BCUT2D eigenvalue weighted by molar-refractivity contribution is -0.113. The van der Waals surface area contributed by atoms with E-state index in [2.05, 4.69) is 20.7 Å². The summed E-state index contributed by atoms with van der Waals surface area (Å²) >= 11 is 1.35. The Labute approximate surface area is 168 Å². The van der Waals surface area contributed by atoms with Gasteiger partial charge in [0.05, 0.1) is 11.4 Å². The van der Waals surface area contributed by atoms with E-state index in [1.54, 1.807) is 6.07 Å². The fourth-order valence-electron chi connectivity index (χ4n) is 2.69. The summed E-state index contributed by atoms with van der Waals surface area (Å²) in [6.07, 6.45) is 0. The quantitative estimate of drug-likeness (QED) is 0.622. The van der Waals surface area contributed by atoms with Crippen molar-refractivity contribution in [3.8, 4) is 11.4 Å². The first-order valence-corrected chi connectivity index (χ1v) is 10.2. The van der Waals surface area contributed by atoms with Gasteiger partial charge in [0.15, 0.2) is 11.0 Å². The minimum atomic E-state index is -0.176. The lowest BCUT2D eigenvalue weighted by Crippen LogP contribution is -2.14. The number of hydrogen-bond acceptors (Lipinski definition) is 6. The van der Waals surface area contributed by atoms with E-state index < -0.39 is 0 Å². The smallest absolute Gasteiger partial charge is 0.237 e. The molecule has 1 amide bonds. The van der Waals surface area contributed by atoms with Crippen molar-refractivity contribution in [3.63, 3.8) is 0 Å². The van der Waals surface area contributed by atoms with Gasteiger partial charge in [0, 0.05) is 23.6 Å². The minimum Gasteiger partial charge on any atom is -0.338 e. The molecule has 1 N–H and O–H groups in total. The Balaban J connectivity index is 1.67. The zero-order valence-electron chi connectivity index (χ0n) is 16.8. The highest BCUT2D eigenvalue weighted by Crippen LogP contribution is 2.27. The molecule has 7 nitrogen and oxygen atoms in total. The van der Waals surface area contributed by atoms with Gasteiger partial charge in [-0.25, -0.2) is 0 Å². The van der Waals surface area contributed by atoms with Crippen molar-refractivity contribution in [2.75, 3.05) is 11.1 Å². The second kappa shape index (κ2) is 8.18. The van der Waals surface area contributed by atoms with Crippen LogP contribution < -0.4 is 5.32 Å². The van der Waals surface area contributed by atoms with Crippen LogP contribution in [0.3, 0.4) is 0 Å². The largest absolute Gasteiger partial charge is 0.338 e. The van der Waals surface area contributed by atoms with Gasteiger partial charge in [-0.05, 0) is 19.4 Å². The van der Waals surface area contributed by atoms with Crippen LogP contribution in [0.4, 0.5) is 5.88 Å². The third-order valence-electron chi connectivity index (χ3n) is 4.29. The van der Waals surface area contributed by atoms with Crippen molar-refractivity contribution in [2.24, 2.45) is 0 Å². The molecule has 0 aliphatic rings. The molecule has 0 unspecified atom stereocenters. The summed E-state index contributed by atoms with van der Waals surface area (Å²) in [5.74, 6) is 1.20. The lowest BCUT2D eigenvalue weighted by Gasteiger charge is -2.12. The Kier molecular flexibility index (Phi) is 5.88. The number of nitrogens with zero attached hydrogens (tertiary/aromatic N) is 4. The van der Waals surface area contributed by atoms with Crippen LogP contribution in [0.1, 0.15) is 39.0 Å². The Morgan fingerprint density at radius 1 is 1.25 bits per heavy atom. The Hall–Kier alpha value is -2.61. The van der Waals surface area contributed by atoms with Crippen molar-refractivity contribution in [3.05, 3.63) is 41.6 Å². The van der Waals surface area contributed by atoms with Crippen molar-refractivity contribution in [1.82, 2.24) is 19.9 Å². The Bertz CT molecular complexity index is 971. The van der Waals surface area contributed by atoms with Gasteiger partial charge in [-0.15, -0.1) is 10.2 Å². The van der Waals surface area contributed by atoms with Crippen LogP contribution in [-0.4, -0.2) is 31.6 Å². The summed E-state index contributed by atoms with van der Waals surface area (Å²) in [5, 5.41) is 16.1. The first kappa shape index (κ1) is 20.1. The normalized spacial score (nSPS) is 11.6. The molecule has 3 rings (SSSR count). The maximum absolute atomic E-state index is 12.3. The molecule has 8 heteroatoms. The molecule has 2 heterocycles. The third kappa shape index (κ3) is 4.44. The van der Waals surface area contributed by atoms with Crippen LogP contribution in [0.15, 0.2) is 40.0 Å². The number of rotatable bonds is 6. The number of anilines is 1. The molecule has 1 aromatic carbocycles. The van der Waals surface area contributed by atoms with E-state index in [4.69, 9.17) is 4.52 Å². The number of benzene rings is 1. The number of thioether (sulfide) groups is 1. The van der Waals surface area contributed by atoms with Gasteiger partial charge in [0.25, 0.3) is 0 Å². The van der Waals surface area contributed by atoms with E-state index >= 15 is 0 Å². The van der Waals surface area contributed by atoms with Crippen molar-refractivity contribution >= 4 is 23.6 Å². The molecule has 0 atom stereocenters. The van der Waals surface area contributed by atoms with Crippen LogP contribution in [0.25, 0.3) is 11.4 Å². The van der Waals surface area contributed by atoms with Gasteiger partial charge in [-0.3, -0.25) is 10.1 Å². The number of amides is 1. The van der Waals surface area contributed by atoms with Gasteiger partial charge in [-0.2, -0.15) is 0 Å². The van der Waals surface area contributed by atoms with Crippen molar-refractivity contribution in [2.45, 2.75) is 51.7 Å². The molecule has 148 valence electrons. The van der Waals surface area contributed by atoms with E-state index in [-0.39, 0.29) is 17.1 Å². The Morgan fingerprint density at radius 3 is 2.64 bits per heavy atom. The average Bonchev–Trinajstić information content (AvgIpc) is 3.26. The lowest BCUT2D eigenvalue weighted by atomic mass is 9.92. The van der Waals surface area contributed by atoms with E-state index in [9.17, 15) is 4.79 Å². The molecule has 0 saturated carbocycles. The fourth-order valence-corrected chi connectivity index (χ4v) is 3.50. The number of aromatic nitrogens is 4. The highest BCUT2D eigenvalue weighted by Gasteiger charge is 2.20. The summed E-state index contributed by atoms with van der Waals surface area (Å²) in [7, 11) is 0. The third-order valence-corrected chi connectivity index (χ3v) is 5.26. The molecule has 0 bridgehead atoms. The van der Waals surface area contributed by atoms with Crippen LogP contribution in [0.2, 0.25) is 0 Å². The number of hydrogen-bond donors (Lipinski definition) is 1. The van der Waals surface area contributed by atoms with Gasteiger partial charge in [-0.1, -0.05) is 62.0 Å². The summed E-state index contributed by atoms with van der Waals surface area (Å²) in [6.45, 7) is 10.9. The minimum absolute atomic E-state index is 0.134. The molecular weight excluding hydrogens is 374 g/mol. The summed E-state index contributed by atoms with van der Waals surface area (Å²) < 4.78 is 7.23. The molecule has 0 spiro atoms. The maximum atomic E-state index is 12.3. The van der Waals surface area contributed by atoms with Crippen LogP contribution in [0.5, 0.6) is 0 Å². The first-order valence-electron chi connectivity index (χ1n) is 9.18. The van der Waals surface area contributed by atoms with E-state index in [1.807, 2.05) is 63.5 Å². The zero-order valence-corrected chi connectivity index (χ0v) is 17.6. The number of aryl methyl sites for hydroxylation is 1. The standard InChI is InChI=1S/C20H25N5O2S/c1-6-25-18(14-10-8-7-9-13(14)2)22-23-19(25)28-12-16(26)21-17-11-15(24-27-17)20(3,4)5/h7-11H,6,12H2,1-5H3,(H,21,26). The molecule has 0 fully saturated rings. The van der Waals surface area contributed by atoms with Gasteiger partial charge < -0.3 is 9.09 Å². The molecule has 2 aromatic heterocycles. The monoisotopic (exact) mass is 399 g/mol. The van der Waals surface area contributed by atoms with Crippen LogP contribution >= 0.6 is 11.8 Å². The van der Waals surface area contributed by atoms with Crippen LogP contribution in [-0.2, 0) is 16.8 Å². The number of nitrogens with one attached hydrogen (secondary N) is 1. The second-order valence-electron chi connectivity index (χ2n) is 7.53. The van der Waals surface area contributed by atoms with E-state index in [0.717, 1.165) is 29.2 Å². The zero-order chi connectivity index (χ0) is 20.3. The first-order chi connectivity index (χ1) is 13.3. The molecule has 28 heavy (non-hydrogen) atoms. The highest BCUT2D eigenvalue weighted by molar-refractivity contribution is 7.99. The van der Waals surface area contributed by atoms with Crippen molar-refractivity contribution < 1.29 is 9.32 Å². The van der Waals surface area contributed by atoms with Crippen LogP contribution in [0, 0.1) is 6.92 Å². The summed E-state index contributed by atoms with van der Waals surface area (Å²) in [5.41, 5.74) is 2.84. The highest BCUT2D eigenvalue weighted by atomic mass is 32.2. The molecular formula is C20H25N5O2S. The van der Waals surface area contributed by atoms with E-state index in [0.29, 0.717) is 11.0 Å². The molecule has 0 radical (unpaired) electrons.